The molecule has 1 aliphatic heterocycles. The summed E-state index contributed by atoms with van der Waals surface area (Å²) >= 11 is 6.38. The highest BCUT2D eigenvalue weighted by Gasteiger charge is 2.35. The van der Waals surface area contributed by atoms with Crippen molar-refractivity contribution in [1.29, 1.82) is 0 Å². The molecular weight excluding hydrogens is 240 g/mol. The SMILES string of the molecule is COc1ccc2c(c1OC)OC(C)(C)CC2Cl. The number of benzene rings is 1. The number of rotatable bonds is 2. The van der Waals surface area contributed by atoms with Gasteiger partial charge in [-0.3, -0.25) is 0 Å². The van der Waals surface area contributed by atoms with E-state index in [2.05, 4.69) is 0 Å². The van der Waals surface area contributed by atoms with Gasteiger partial charge in [0.15, 0.2) is 11.5 Å². The molecule has 3 nitrogen and oxygen atoms in total. The quantitative estimate of drug-likeness (QED) is 0.758. The van der Waals surface area contributed by atoms with Gasteiger partial charge in [0.25, 0.3) is 0 Å². The van der Waals surface area contributed by atoms with Crippen LogP contribution in [-0.4, -0.2) is 19.8 Å². The van der Waals surface area contributed by atoms with E-state index in [0.717, 1.165) is 12.0 Å². The third kappa shape index (κ3) is 2.16. The van der Waals surface area contributed by atoms with Gasteiger partial charge in [0.05, 0.1) is 19.6 Å². The summed E-state index contributed by atoms with van der Waals surface area (Å²) in [7, 11) is 3.21. The van der Waals surface area contributed by atoms with Crippen molar-refractivity contribution < 1.29 is 14.2 Å². The number of halogens is 1. The predicted octanol–water partition coefficient (Wildman–Crippen LogP) is 3.54. The van der Waals surface area contributed by atoms with Crippen LogP contribution in [0.4, 0.5) is 0 Å². The standard InChI is InChI=1S/C13H17ClO3/c1-13(2)7-9(14)8-5-6-10(15-3)12(16-4)11(8)17-13/h5-6,9H,7H2,1-4H3. The van der Waals surface area contributed by atoms with Crippen LogP contribution in [0, 0.1) is 0 Å². The van der Waals surface area contributed by atoms with Crippen LogP contribution in [0.25, 0.3) is 0 Å². The zero-order valence-corrected chi connectivity index (χ0v) is 11.3. The van der Waals surface area contributed by atoms with Crippen molar-refractivity contribution in [2.24, 2.45) is 0 Å². The molecule has 0 spiro atoms. The molecule has 0 N–H and O–H groups in total. The minimum absolute atomic E-state index is 0.0615. The molecule has 1 heterocycles. The molecule has 0 radical (unpaired) electrons. The van der Waals surface area contributed by atoms with Crippen molar-refractivity contribution in [2.75, 3.05) is 14.2 Å². The lowest BCUT2D eigenvalue weighted by Crippen LogP contribution is -2.33. The zero-order chi connectivity index (χ0) is 12.6. The van der Waals surface area contributed by atoms with E-state index in [-0.39, 0.29) is 11.0 Å². The summed E-state index contributed by atoms with van der Waals surface area (Å²) in [6.45, 7) is 4.04. The van der Waals surface area contributed by atoms with Gasteiger partial charge in [-0.15, -0.1) is 11.6 Å². The summed E-state index contributed by atoms with van der Waals surface area (Å²) in [6.07, 6.45) is 0.775. The summed E-state index contributed by atoms with van der Waals surface area (Å²) in [4.78, 5) is 0. The molecule has 0 saturated heterocycles. The molecule has 17 heavy (non-hydrogen) atoms. The number of alkyl halides is 1. The van der Waals surface area contributed by atoms with Gasteiger partial charge in [0.1, 0.15) is 5.60 Å². The molecule has 0 aliphatic carbocycles. The monoisotopic (exact) mass is 256 g/mol. The van der Waals surface area contributed by atoms with Crippen molar-refractivity contribution in [2.45, 2.75) is 31.2 Å². The highest BCUT2D eigenvalue weighted by atomic mass is 35.5. The molecule has 4 heteroatoms. The average Bonchev–Trinajstić information content (AvgIpc) is 2.25. The number of methoxy groups -OCH3 is 2. The Morgan fingerprint density at radius 3 is 2.59 bits per heavy atom. The van der Waals surface area contributed by atoms with Gasteiger partial charge < -0.3 is 14.2 Å². The van der Waals surface area contributed by atoms with Gasteiger partial charge in [0.2, 0.25) is 5.75 Å². The maximum atomic E-state index is 6.38. The summed E-state index contributed by atoms with van der Waals surface area (Å²) in [5, 5.41) is -0.0615. The smallest absolute Gasteiger partial charge is 0.203 e. The van der Waals surface area contributed by atoms with E-state index in [1.807, 2.05) is 26.0 Å². The zero-order valence-electron chi connectivity index (χ0n) is 10.5. The summed E-state index contributed by atoms with van der Waals surface area (Å²) < 4.78 is 16.6. The summed E-state index contributed by atoms with van der Waals surface area (Å²) in [6, 6.07) is 3.79. The number of hydrogen-bond donors (Lipinski definition) is 0. The fourth-order valence-electron chi connectivity index (χ4n) is 2.13. The molecular formula is C13H17ClO3. The second-order valence-electron chi connectivity index (χ2n) is 4.75. The minimum atomic E-state index is -0.293. The largest absolute Gasteiger partial charge is 0.493 e. The molecule has 0 saturated carbocycles. The van der Waals surface area contributed by atoms with Crippen molar-refractivity contribution in [3.63, 3.8) is 0 Å². The molecule has 0 fully saturated rings. The van der Waals surface area contributed by atoms with Crippen LogP contribution in [0.15, 0.2) is 12.1 Å². The lowest BCUT2D eigenvalue weighted by atomic mass is 9.93. The maximum absolute atomic E-state index is 6.38. The van der Waals surface area contributed by atoms with E-state index in [1.165, 1.54) is 0 Å². The molecule has 1 aromatic carbocycles. The van der Waals surface area contributed by atoms with Gasteiger partial charge in [0, 0.05) is 12.0 Å². The van der Waals surface area contributed by atoms with E-state index in [1.54, 1.807) is 14.2 Å². The topological polar surface area (TPSA) is 27.7 Å². The van der Waals surface area contributed by atoms with Gasteiger partial charge in [-0.2, -0.15) is 0 Å². The predicted molar refractivity (Wildman–Crippen MR) is 67.5 cm³/mol. The third-order valence-electron chi connectivity index (χ3n) is 2.92. The number of ether oxygens (including phenoxy) is 3. The third-order valence-corrected chi connectivity index (χ3v) is 3.31. The lowest BCUT2D eigenvalue weighted by molar-refractivity contribution is 0.0777. The molecule has 0 bridgehead atoms. The van der Waals surface area contributed by atoms with Gasteiger partial charge in [-0.25, -0.2) is 0 Å². The van der Waals surface area contributed by atoms with Crippen molar-refractivity contribution in [1.82, 2.24) is 0 Å². The first-order chi connectivity index (χ1) is 7.98. The van der Waals surface area contributed by atoms with E-state index in [0.29, 0.717) is 17.2 Å². The Kier molecular flexibility index (Phi) is 3.13. The Morgan fingerprint density at radius 2 is 2.00 bits per heavy atom. The Labute approximate surface area is 107 Å². The first-order valence-corrected chi connectivity index (χ1v) is 6.00. The van der Waals surface area contributed by atoms with Crippen molar-refractivity contribution in [3.8, 4) is 17.2 Å². The van der Waals surface area contributed by atoms with E-state index < -0.39 is 0 Å². The van der Waals surface area contributed by atoms with Crippen LogP contribution < -0.4 is 14.2 Å². The Bertz CT molecular complexity index is 429. The van der Waals surface area contributed by atoms with Crippen LogP contribution in [0.3, 0.4) is 0 Å². The van der Waals surface area contributed by atoms with Gasteiger partial charge >= 0.3 is 0 Å². The van der Waals surface area contributed by atoms with E-state index >= 15 is 0 Å². The first-order valence-electron chi connectivity index (χ1n) is 5.56. The van der Waals surface area contributed by atoms with Crippen molar-refractivity contribution in [3.05, 3.63) is 17.7 Å². The van der Waals surface area contributed by atoms with Crippen LogP contribution in [-0.2, 0) is 0 Å². The van der Waals surface area contributed by atoms with Gasteiger partial charge in [-0.1, -0.05) is 0 Å². The van der Waals surface area contributed by atoms with Crippen LogP contribution in [0.1, 0.15) is 31.2 Å². The highest BCUT2D eigenvalue weighted by molar-refractivity contribution is 6.21. The molecule has 2 rings (SSSR count). The Morgan fingerprint density at radius 1 is 1.29 bits per heavy atom. The molecule has 1 aromatic rings. The molecule has 1 atom stereocenters. The second-order valence-corrected chi connectivity index (χ2v) is 5.28. The Balaban J connectivity index is 2.56. The van der Waals surface area contributed by atoms with E-state index in [4.69, 9.17) is 25.8 Å². The maximum Gasteiger partial charge on any atom is 0.203 e. The molecule has 94 valence electrons. The summed E-state index contributed by atoms with van der Waals surface area (Å²) in [5.74, 6) is 1.97. The fourth-order valence-corrected chi connectivity index (χ4v) is 2.67. The second kappa shape index (κ2) is 4.30. The van der Waals surface area contributed by atoms with Crippen LogP contribution >= 0.6 is 11.6 Å². The van der Waals surface area contributed by atoms with E-state index in [9.17, 15) is 0 Å². The van der Waals surface area contributed by atoms with Gasteiger partial charge in [-0.05, 0) is 26.0 Å². The molecule has 0 aromatic heterocycles. The minimum Gasteiger partial charge on any atom is -0.493 e. The lowest BCUT2D eigenvalue weighted by Gasteiger charge is -2.36. The first kappa shape index (κ1) is 12.4. The highest BCUT2D eigenvalue weighted by Crippen LogP contribution is 2.50. The van der Waals surface area contributed by atoms with Crippen molar-refractivity contribution >= 4 is 11.6 Å². The molecule has 1 unspecified atom stereocenters. The molecule has 0 amide bonds. The van der Waals surface area contributed by atoms with Crippen LogP contribution in [0.2, 0.25) is 0 Å². The number of hydrogen-bond acceptors (Lipinski definition) is 3. The molecule has 1 aliphatic rings. The normalized spacial score (nSPS) is 21.4. The fraction of sp³-hybridized carbons (Fsp3) is 0.538. The Hall–Kier alpha value is -1.09. The van der Waals surface area contributed by atoms with Crippen LogP contribution in [0.5, 0.6) is 17.2 Å². The average molecular weight is 257 g/mol. The number of fused-ring (bicyclic) bond motifs is 1. The summed E-state index contributed by atoms with van der Waals surface area (Å²) in [5.41, 5.74) is 0.669.